The lowest BCUT2D eigenvalue weighted by atomic mass is 10.2. The number of nitrogens with one attached hydrogen (secondary N) is 2. The average Bonchev–Trinajstić information content (AvgIpc) is 2.76. The first-order chi connectivity index (χ1) is 9.24. The average molecular weight is 267 g/mol. The molecular formula is C12H21N5O2. The van der Waals surface area contributed by atoms with Crippen LogP contribution in [0.15, 0.2) is 6.20 Å². The number of carbonyl (C=O) groups is 1. The minimum absolute atomic E-state index is 0.0259. The molecule has 1 amide bonds. The lowest BCUT2D eigenvalue weighted by Gasteiger charge is -2.26. The summed E-state index contributed by atoms with van der Waals surface area (Å²) in [4.78, 5) is 12.0. The van der Waals surface area contributed by atoms with Gasteiger partial charge >= 0.3 is 0 Å². The minimum Gasteiger partial charge on any atom is -0.383 e. The fraction of sp³-hybridized carbons (Fsp3) is 0.750. The summed E-state index contributed by atoms with van der Waals surface area (Å²) in [6.45, 7) is 4.36. The van der Waals surface area contributed by atoms with Crippen LogP contribution in [0, 0.1) is 0 Å². The van der Waals surface area contributed by atoms with Crippen molar-refractivity contribution in [3.8, 4) is 0 Å². The molecule has 7 heteroatoms. The highest BCUT2D eigenvalue weighted by molar-refractivity contribution is 5.92. The molecule has 0 aliphatic carbocycles. The van der Waals surface area contributed by atoms with E-state index in [1.807, 2.05) is 0 Å². The summed E-state index contributed by atoms with van der Waals surface area (Å²) < 4.78 is 6.85. The van der Waals surface area contributed by atoms with Gasteiger partial charge in [-0.1, -0.05) is 18.6 Å². The second kappa shape index (κ2) is 6.63. The van der Waals surface area contributed by atoms with Gasteiger partial charge in [-0.05, 0) is 6.42 Å². The molecule has 0 radical (unpaired) electrons. The number of ether oxygens (including phenoxy) is 1. The highest BCUT2D eigenvalue weighted by Crippen LogP contribution is 2.10. The Morgan fingerprint density at radius 3 is 3.05 bits per heavy atom. The third kappa shape index (κ3) is 3.51. The van der Waals surface area contributed by atoms with E-state index in [4.69, 9.17) is 4.74 Å². The zero-order valence-electron chi connectivity index (χ0n) is 11.4. The maximum Gasteiger partial charge on any atom is 0.273 e. The quantitative estimate of drug-likeness (QED) is 0.725. The van der Waals surface area contributed by atoms with Crippen LogP contribution in [0.5, 0.6) is 0 Å². The normalized spacial score (nSPS) is 16.9. The van der Waals surface area contributed by atoms with Gasteiger partial charge < -0.3 is 15.4 Å². The Kier molecular flexibility index (Phi) is 4.86. The van der Waals surface area contributed by atoms with Crippen molar-refractivity contribution in [1.82, 2.24) is 25.6 Å². The van der Waals surface area contributed by atoms with E-state index in [-0.39, 0.29) is 11.9 Å². The molecule has 0 bridgehead atoms. The maximum atomic E-state index is 12.0. The third-order valence-electron chi connectivity index (χ3n) is 3.22. The van der Waals surface area contributed by atoms with Gasteiger partial charge in [0.1, 0.15) is 0 Å². The van der Waals surface area contributed by atoms with Gasteiger partial charge in [-0.3, -0.25) is 4.79 Å². The molecule has 2 rings (SSSR count). The molecule has 1 fully saturated rings. The summed E-state index contributed by atoms with van der Waals surface area (Å²) in [7, 11) is 1.63. The van der Waals surface area contributed by atoms with Crippen LogP contribution in [0.1, 0.15) is 36.3 Å². The van der Waals surface area contributed by atoms with Gasteiger partial charge in [-0.15, -0.1) is 5.10 Å². The molecule has 1 saturated heterocycles. The molecule has 7 nitrogen and oxygen atoms in total. The maximum absolute atomic E-state index is 12.0. The monoisotopic (exact) mass is 267 g/mol. The van der Waals surface area contributed by atoms with Crippen molar-refractivity contribution in [3.05, 3.63) is 11.9 Å². The van der Waals surface area contributed by atoms with Crippen LogP contribution < -0.4 is 10.6 Å². The number of methoxy groups -OCH3 is 1. The summed E-state index contributed by atoms with van der Waals surface area (Å²) >= 11 is 0. The van der Waals surface area contributed by atoms with E-state index in [2.05, 4.69) is 27.9 Å². The van der Waals surface area contributed by atoms with Crippen molar-refractivity contribution in [2.24, 2.45) is 0 Å². The first kappa shape index (κ1) is 14.0. The molecule has 2 N–H and O–H groups in total. The highest BCUT2D eigenvalue weighted by Gasteiger charge is 2.22. The molecule has 2 heterocycles. The summed E-state index contributed by atoms with van der Waals surface area (Å²) in [6, 6.07) is 0.345. The van der Waals surface area contributed by atoms with Gasteiger partial charge in [0.2, 0.25) is 0 Å². The molecule has 106 valence electrons. The molecule has 1 aliphatic rings. The molecule has 0 spiro atoms. The zero-order valence-corrected chi connectivity index (χ0v) is 11.4. The fourth-order valence-corrected chi connectivity index (χ4v) is 2.03. The van der Waals surface area contributed by atoms with Crippen LogP contribution in [-0.4, -0.2) is 53.7 Å². The van der Waals surface area contributed by atoms with Gasteiger partial charge in [0, 0.05) is 20.2 Å². The first-order valence-electron chi connectivity index (χ1n) is 6.67. The number of aromatic nitrogens is 3. The smallest absolute Gasteiger partial charge is 0.273 e. The van der Waals surface area contributed by atoms with Crippen molar-refractivity contribution in [3.63, 3.8) is 0 Å². The summed E-state index contributed by atoms with van der Waals surface area (Å²) in [6.07, 6.45) is 3.59. The van der Waals surface area contributed by atoms with Gasteiger partial charge in [0.25, 0.3) is 5.91 Å². The zero-order chi connectivity index (χ0) is 13.7. The Morgan fingerprint density at radius 2 is 2.47 bits per heavy atom. The Hall–Kier alpha value is -1.47. The Bertz CT molecular complexity index is 410. The van der Waals surface area contributed by atoms with Gasteiger partial charge in [0.05, 0.1) is 24.9 Å². The molecule has 0 aromatic carbocycles. The lowest BCUT2D eigenvalue weighted by molar-refractivity contribution is 0.0886. The first-order valence-corrected chi connectivity index (χ1v) is 6.67. The van der Waals surface area contributed by atoms with Crippen LogP contribution >= 0.6 is 0 Å². The predicted molar refractivity (Wildman–Crippen MR) is 70.0 cm³/mol. The van der Waals surface area contributed by atoms with E-state index in [9.17, 15) is 4.79 Å². The molecule has 1 unspecified atom stereocenters. The van der Waals surface area contributed by atoms with Crippen molar-refractivity contribution in [1.29, 1.82) is 0 Å². The number of amides is 1. The number of hydrogen-bond acceptors (Lipinski definition) is 5. The number of nitrogens with zero attached hydrogens (tertiary/aromatic N) is 3. The van der Waals surface area contributed by atoms with Crippen LogP contribution in [0.3, 0.4) is 0 Å². The topological polar surface area (TPSA) is 81.1 Å². The summed E-state index contributed by atoms with van der Waals surface area (Å²) in [5.74, 6) is -0.186. The molecule has 1 aliphatic heterocycles. The van der Waals surface area contributed by atoms with Crippen molar-refractivity contribution < 1.29 is 9.53 Å². The van der Waals surface area contributed by atoms with Gasteiger partial charge in [-0.25, -0.2) is 4.68 Å². The van der Waals surface area contributed by atoms with Crippen LogP contribution in [-0.2, 0) is 4.74 Å². The second-order valence-corrected chi connectivity index (χ2v) is 4.81. The minimum atomic E-state index is -0.186. The standard InChI is InChI=1S/C12H21N5O2/c1-3-4-9(8-19-2)14-12(18)11-7-17(16-15-11)10-5-13-6-10/h7,9-10,13H,3-6,8H2,1-2H3,(H,14,18). The Morgan fingerprint density at radius 1 is 1.68 bits per heavy atom. The van der Waals surface area contributed by atoms with E-state index >= 15 is 0 Å². The third-order valence-corrected chi connectivity index (χ3v) is 3.22. The molecule has 19 heavy (non-hydrogen) atoms. The lowest BCUT2D eigenvalue weighted by Crippen LogP contribution is -2.43. The van der Waals surface area contributed by atoms with E-state index < -0.39 is 0 Å². The number of rotatable bonds is 7. The number of hydrogen-bond donors (Lipinski definition) is 2. The molecule has 1 atom stereocenters. The molecule has 0 saturated carbocycles. The molecule has 1 aromatic rings. The van der Waals surface area contributed by atoms with E-state index in [1.165, 1.54) is 0 Å². The van der Waals surface area contributed by atoms with Crippen LogP contribution in [0.25, 0.3) is 0 Å². The van der Waals surface area contributed by atoms with Crippen LogP contribution in [0.2, 0.25) is 0 Å². The Labute approximate surface area is 112 Å². The summed E-state index contributed by atoms with van der Waals surface area (Å²) in [5, 5.41) is 14.0. The predicted octanol–water partition coefficient (Wildman–Crippen LogP) is -0.0327. The Balaban J connectivity index is 1.92. The van der Waals surface area contributed by atoms with Crippen molar-refractivity contribution in [2.45, 2.75) is 31.8 Å². The van der Waals surface area contributed by atoms with Crippen LogP contribution in [0.4, 0.5) is 0 Å². The van der Waals surface area contributed by atoms with E-state index in [0.29, 0.717) is 18.3 Å². The summed E-state index contributed by atoms with van der Waals surface area (Å²) in [5.41, 5.74) is 0.365. The highest BCUT2D eigenvalue weighted by atomic mass is 16.5. The SMILES string of the molecule is CCCC(COC)NC(=O)c1cn(C2CNC2)nn1. The van der Waals surface area contributed by atoms with Gasteiger partial charge in [-0.2, -0.15) is 0 Å². The van der Waals surface area contributed by atoms with Gasteiger partial charge in [0.15, 0.2) is 5.69 Å². The van der Waals surface area contributed by atoms with Crippen molar-refractivity contribution >= 4 is 5.91 Å². The largest absolute Gasteiger partial charge is 0.383 e. The molecule has 1 aromatic heterocycles. The number of carbonyl (C=O) groups excluding carboxylic acids is 1. The molecular weight excluding hydrogens is 246 g/mol. The van der Waals surface area contributed by atoms with Crippen molar-refractivity contribution in [2.75, 3.05) is 26.8 Å². The fourth-order valence-electron chi connectivity index (χ4n) is 2.03. The van der Waals surface area contributed by atoms with E-state index in [0.717, 1.165) is 25.9 Å². The van der Waals surface area contributed by atoms with E-state index in [1.54, 1.807) is 18.0 Å². The second-order valence-electron chi connectivity index (χ2n) is 4.81.